The van der Waals surface area contributed by atoms with Crippen molar-refractivity contribution in [3.63, 3.8) is 0 Å². The van der Waals surface area contributed by atoms with Crippen LogP contribution in [-0.2, 0) is 6.54 Å². The van der Waals surface area contributed by atoms with Crippen LogP contribution in [0.1, 0.15) is 19.5 Å². The molecule has 0 spiro atoms. The van der Waals surface area contributed by atoms with Gasteiger partial charge in [-0.25, -0.2) is 9.97 Å². The number of anilines is 1. The number of ether oxygens (including phenoxy) is 1. The Bertz CT molecular complexity index is 455. The third-order valence-electron chi connectivity index (χ3n) is 1.98. The summed E-state index contributed by atoms with van der Waals surface area (Å²) in [7, 11) is 0. The summed E-state index contributed by atoms with van der Waals surface area (Å²) in [5.41, 5.74) is 0.976. The fraction of sp³-hybridized carbons (Fsp3) is 0.364. The summed E-state index contributed by atoms with van der Waals surface area (Å²) in [6.45, 7) is 4.52. The molecule has 0 fully saturated rings. The Kier molecular flexibility index (Phi) is 3.54. The van der Waals surface area contributed by atoms with Crippen molar-refractivity contribution in [2.24, 2.45) is 0 Å². The molecule has 0 aliphatic rings. The van der Waals surface area contributed by atoms with Crippen molar-refractivity contribution in [1.29, 1.82) is 0 Å². The molecule has 2 rings (SSSR count). The minimum atomic E-state index is 0.102. The van der Waals surface area contributed by atoms with E-state index in [1.807, 2.05) is 13.8 Å². The summed E-state index contributed by atoms with van der Waals surface area (Å²) < 4.78 is 5.48. The molecule has 0 saturated carbocycles. The number of aromatic amines is 1. The summed E-state index contributed by atoms with van der Waals surface area (Å²) >= 11 is 0. The molecule has 6 heteroatoms. The molecule has 0 atom stereocenters. The topological polar surface area (TPSA) is 75.7 Å². The molecule has 0 radical (unpaired) electrons. The summed E-state index contributed by atoms with van der Waals surface area (Å²) in [5, 5.41) is 3.09. The van der Waals surface area contributed by atoms with Gasteiger partial charge in [-0.05, 0) is 13.8 Å². The Balaban J connectivity index is 1.96. The van der Waals surface area contributed by atoms with Crippen LogP contribution in [0.4, 0.5) is 5.95 Å². The maximum atomic E-state index is 5.48. The van der Waals surface area contributed by atoms with Gasteiger partial charge >= 0.3 is 0 Å². The first kappa shape index (κ1) is 11.4. The van der Waals surface area contributed by atoms with Crippen LogP contribution in [-0.4, -0.2) is 26.0 Å². The normalized spacial score (nSPS) is 10.5. The first-order valence-electron chi connectivity index (χ1n) is 5.45. The molecule has 0 saturated heterocycles. The van der Waals surface area contributed by atoms with Crippen LogP contribution in [0.2, 0.25) is 0 Å². The van der Waals surface area contributed by atoms with Gasteiger partial charge in [0.1, 0.15) is 0 Å². The Morgan fingerprint density at radius 2 is 2.35 bits per heavy atom. The van der Waals surface area contributed by atoms with Crippen LogP contribution in [0.5, 0.6) is 5.88 Å². The first-order chi connectivity index (χ1) is 8.24. The molecule has 0 bridgehead atoms. The van der Waals surface area contributed by atoms with Crippen molar-refractivity contribution in [2.45, 2.75) is 26.5 Å². The Hall–Kier alpha value is -2.11. The molecule has 0 aromatic carbocycles. The quantitative estimate of drug-likeness (QED) is 0.820. The van der Waals surface area contributed by atoms with E-state index in [0.717, 1.165) is 5.69 Å². The summed E-state index contributed by atoms with van der Waals surface area (Å²) in [6, 6.07) is 1.74. The van der Waals surface area contributed by atoms with Crippen LogP contribution in [0.25, 0.3) is 0 Å². The van der Waals surface area contributed by atoms with Crippen molar-refractivity contribution in [1.82, 2.24) is 19.9 Å². The molecule has 2 N–H and O–H groups in total. The van der Waals surface area contributed by atoms with E-state index in [1.165, 1.54) is 0 Å². The fourth-order valence-corrected chi connectivity index (χ4v) is 1.29. The van der Waals surface area contributed by atoms with Crippen LogP contribution in [0.3, 0.4) is 0 Å². The minimum absolute atomic E-state index is 0.102. The van der Waals surface area contributed by atoms with Gasteiger partial charge in [0.25, 0.3) is 0 Å². The fourth-order valence-electron chi connectivity index (χ4n) is 1.29. The predicted molar refractivity (Wildman–Crippen MR) is 63.7 cm³/mol. The molecule has 90 valence electrons. The van der Waals surface area contributed by atoms with Gasteiger partial charge in [-0.15, -0.1) is 0 Å². The number of aromatic nitrogens is 4. The highest BCUT2D eigenvalue weighted by molar-refractivity contribution is 5.28. The second-order valence-corrected chi connectivity index (χ2v) is 3.82. The highest BCUT2D eigenvalue weighted by Crippen LogP contribution is 2.10. The van der Waals surface area contributed by atoms with Gasteiger partial charge < -0.3 is 15.0 Å². The van der Waals surface area contributed by atoms with Gasteiger partial charge in [-0.3, -0.25) is 0 Å². The molecule has 0 aliphatic carbocycles. The molecule has 0 aliphatic heterocycles. The van der Waals surface area contributed by atoms with Crippen LogP contribution < -0.4 is 10.1 Å². The lowest BCUT2D eigenvalue weighted by atomic mass is 10.5. The lowest BCUT2D eigenvalue weighted by molar-refractivity contribution is 0.232. The zero-order chi connectivity index (χ0) is 12.1. The van der Waals surface area contributed by atoms with E-state index < -0.39 is 0 Å². The molecule has 6 nitrogen and oxygen atoms in total. The van der Waals surface area contributed by atoms with E-state index >= 15 is 0 Å². The summed E-state index contributed by atoms with van der Waals surface area (Å²) in [4.78, 5) is 15.3. The average molecular weight is 233 g/mol. The van der Waals surface area contributed by atoms with Gasteiger partial charge in [-0.1, -0.05) is 0 Å². The zero-order valence-corrected chi connectivity index (χ0v) is 9.84. The summed E-state index contributed by atoms with van der Waals surface area (Å²) in [6.07, 6.45) is 5.16. The van der Waals surface area contributed by atoms with Gasteiger partial charge in [0.2, 0.25) is 11.8 Å². The number of H-pyrrole nitrogens is 1. The maximum absolute atomic E-state index is 5.48. The largest absolute Gasteiger partial charge is 0.475 e. The predicted octanol–water partition coefficient (Wildman–Crippen LogP) is 1.60. The molecule has 17 heavy (non-hydrogen) atoms. The van der Waals surface area contributed by atoms with E-state index in [-0.39, 0.29) is 6.10 Å². The van der Waals surface area contributed by atoms with E-state index in [2.05, 4.69) is 25.3 Å². The Morgan fingerprint density at radius 3 is 3.06 bits per heavy atom. The van der Waals surface area contributed by atoms with Crippen molar-refractivity contribution >= 4 is 5.95 Å². The number of hydrogen-bond donors (Lipinski definition) is 2. The zero-order valence-electron chi connectivity index (χ0n) is 9.84. The highest BCUT2D eigenvalue weighted by atomic mass is 16.5. The number of rotatable bonds is 5. The SMILES string of the molecule is CC(C)Oc1ccnc(NCc2cnc[nH]2)n1. The number of imidazole rings is 1. The Morgan fingerprint density at radius 1 is 1.47 bits per heavy atom. The Labute approximate surface area is 99.5 Å². The average Bonchev–Trinajstić information content (AvgIpc) is 2.79. The first-order valence-corrected chi connectivity index (χ1v) is 5.45. The second-order valence-electron chi connectivity index (χ2n) is 3.82. The van der Waals surface area contributed by atoms with Crippen LogP contribution >= 0.6 is 0 Å². The van der Waals surface area contributed by atoms with Gasteiger partial charge in [0.05, 0.1) is 24.7 Å². The molecular formula is C11H15N5O. The number of hydrogen-bond acceptors (Lipinski definition) is 5. The maximum Gasteiger partial charge on any atom is 0.226 e. The molecule has 2 heterocycles. The number of nitrogens with zero attached hydrogens (tertiary/aromatic N) is 3. The molecule has 2 aromatic rings. The smallest absolute Gasteiger partial charge is 0.226 e. The minimum Gasteiger partial charge on any atom is -0.475 e. The van der Waals surface area contributed by atoms with Crippen molar-refractivity contribution < 1.29 is 4.74 Å². The lowest BCUT2D eigenvalue weighted by Crippen LogP contribution is -2.09. The van der Waals surface area contributed by atoms with E-state index in [4.69, 9.17) is 4.74 Å². The molecular weight excluding hydrogens is 218 g/mol. The van der Waals surface area contributed by atoms with E-state index in [0.29, 0.717) is 18.4 Å². The lowest BCUT2D eigenvalue weighted by Gasteiger charge is -2.09. The number of nitrogens with one attached hydrogen (secondary N) is 2. The van der Waals surface area contributed by atoms with Gasteiger partial charge in [0, 0.05) is 18.5 Å². The van der Waals surface area contributed by atoms with E-state index in [9.17, 15) is 0 Å². The van der Waals surface area contributed by atoms with Crippen LogP contribution in [0.15, 0.2) is 24.8 Å². The standard InChI is InChI=1S/C11H15N5O/c1-8(2)17-10-3-4-13-11(16-10)14-6-9-5-12-7-15-9/h3-5,7-8H,6H2,1-2H3,(H,12,15)(H,13,14,16). The second kappa shape index (κ2) is 5.29. The van der Waals surface area contributed by atoms with Crippen molar-refractivity contribution in [3.05, 3.63) is 30.5 Å². The van der Waals surface area contributed by atoms with E-state index in [1.54, 1.807) is 24.8 Å². The third kappa shape index (κ3) is 3.44. The van der Waals surface area contributed by atoms with Gasteiger partial charge in [-0.2, -0.15) is 4.98 Å². The van der Waals surface area contributed by atoms with Crippen LogP contribution in [0, 0.1) is 0 Å². The molecule has 2 aromatic heterocycles. The van der Waals surface area contributed by atoms with Gasteiger partial charge in [0.15, 0.2) is 0 Å². The monoisotopic (exact) mass is 233 g/mol. The van der Waals surface area contributed by atoms with Crippen molar-refractivity contribution in [3.8, 4) is 5.88 Å². The highest BCUT2D eigenvalue weighted by Gasteiger charge is 2.02. The molecule has 0 unspecified atom stereocenters. The van der Waals surface area contributed by atoms with Crippen molar-refractivity contribution in [2.75, 3.05) is 5.32 Å². The molecule has 0 amide bonds. The summed E-state index contributed by atoms with van der Waals surface area (Å²) in [5.74, 6) is 1.11. The third-order valence-corrected chi connectivity index (χ3v) is 1.98.